The Hall–Kier alpha value is -1.53. The standard InChI is InChI=1S/C6H7NO.2C5H9F2N.C5H11N.C4H7F2N.C4H9NO2S.C4H9NO.C4H9NS.C4H9N.8C2H6/c1-8-6-2-4-7-5-3-6;6-5(7)1-3-8-4-2-5;6-5(7)2-1-3-8-4-5;1-2-4-6-5-3-1;5-4(6)1-2-7-3-4;6-8(7)3-1-5-2-4-8;2*1-3-6-4-2-5-1;1-2-4-5-3-1;8*1-2/h2-5H,1H3;2*8H,1-4H2;6H,1-5H2;7H,1-3H2;5H,1-4H2;2*5H,1-4H2;5H,1-4H2;8*1-2H3. The van der Waals surface area contributed by atoms with Gasteiger partial charge in [0.2, 0.25) is 0 Å². The van der Waals surface area contributed by atoms with Crippen molar-refractivity contribution >= 4 is 21.6 Å². The van der Waals surface area contributed by atoms with Crippen LogP contribution in [0.15, 0.2) is 24.5 Å². The third kappa shape index (κ3) is 80.9. The second kappa shape index (κ2) is 77.5. The largest absolute Gasteiger partial charge is 0.497 e. The minimum Gasteiger partial charge on any atom is -0.497 e. The summed E-state index contributed by atoms with van der Waals surface area (Å²) < 4.78 is 103. The van der Waals surface area contributed by atoms with Crippen molar-refractivity contribution < 1.29 is 44.2 Å². The predicted molar refractivity (Wildman–Crippen MR) is 332 cm³/mol. The number of hydrogen-bond acceptors (Lipinski definition) is 14. The van der Waals surface area contributed by atoms with Gasteiger partial charge in [-0.2, -0.15) is 11.8 Å². The number of nitrogens with one attached hydrogen (secondary N) is 8. The molecule has 78 heavy (non-hydrogen) atoms. The molecule has 1 aromatic heterocycles. The summed E-state index contributed by atoms with van der Waals surface area (Å²) >= 11 is 2.03. The second-order valence-electron chi connectivity index (χ2n) is 15.3. The molecule has 21 heteroatoms. The van der Waals surface area contributed by atoms with Crippen LogP contribution in [0.3, 0.4) is 0 Å². The van der Waals surface area contributed by atoms with Crippen molar-refractivity contribution in [2.45, 2.75) is 193 Å². The van der Waals surface area contributed by atoms with Gasteiger partial charge in [0.25, 0.3) is 17.8 Å². The first-order valence-electron chi connectivity index (χ1n) is 30.4. The molecule has 8 aliphatic rings. The number of rotatable bonds is 1. The molecule has 8 aliphatic heterocycles. The van der Waals surface area contributed by atoms with E-state index in [0.717, 1.165) is 38.6 Å². The molecule has 0 spiro atoms. The van der Waals surface area contributed by atoms with Gasteiger partial charge in [-0.1, -0.05) is 117 Å². The average Bonchev–Trinajstić information content (AvgIpc) is 4.25. The monoisotopic (exact) mass is 1180 g/mol. The molecule has 0 unspecified atom stereocenters. The Morgan fingerprint density at radius 2 is 0.769 bits per heavy atom. The Kier molecular flexibility index (Phi) is 92.4. The van der Waals surface area contributed by atoms with Crippen molar-refractivity contribution in [3.63, 3.8) is 0 Å². The van der Waals surface area contributed by atoms with E-state index in [-0.39, 0.29) is 38.8 Å². The quantitative estimate of drug-likeness (QED) is 0.125. The number of sulfone groups is 1. The third-order valence-electron chi connectivity index (χ3n) is 9.59. The molecule has 0 aromatic carbocycles. The van der Waals surface area contributed by atoms with Crippen molar-refractivity contribution in [2.24, 2.45) is 0 Å². The van der Waals surface area contributed by atoms with Crippen LogP contribution in [0.25, 0.3) is 0 Å². The highest BCUT2D eigenvalue weighted by atomic mass is 32.2. The molecule has 0 atom stereocenters. The molecule has 0 saturated carbocycles. The number of halogens is 6. The maximum Gasteiger partial charge on any atom is 0.261 e. The number of thioether (sulfide) groups is 1. The molecule has 9 heterocycles. The molecule has 1 aromatic rings. The first kappa shape index (κ1) is 92.9. The Labute approximate surface area is 482 Å². The van der Waals surface area contributed by atoms with Crippen molar-refractivity contribution in [2.75, 3.05) is 148 Å². The Bertz CT molecular complexity index is 1140. The van der Waals surface area contributed by atoms with Gasteiger partial charge in [-0.05, 0) is 77.0 Å². The Balaban J connectivity index is -0.000000114. The number of nitrogens with zero attached hydrogens (tertiary/aromatic N) is 1. The Morgan fingerprint density at radius 3 is 0.949 bits per heavy atom. The smallest absolute Gasteiger partial charge is 0.261 e. The summed E-state index contributed by atoms with van der Waals surface area (Å²) in [6, 6.07) is 3.61. The highest BCUT2D eigenvalue weighted by Crippen LogP contribution is 2.24. The minimum absolute atomic E-state index is 0.00694. The zero-order valence-corrected chi connectivity index (χ0v) is 54.7. The number of pyridine rings is 1. The lowest BCUT2D eigenvalue weighted by Gasteiger charge is -2.21. The summed E-state index contributed by atoms with van der Waals surface area (Å²) in [5, 5.41) is 23.9. The van der Waals surface area contributed by atoms with Crippen molar-refractivity contribution in [3.8, 4) is 5.75 Å². The summed E-state index contributed by atoms with van der Waals surface area (Å²) in [6.45, 7) is 46.4. The molecular weight excluding hydrogens is 1050 g/mol. The second-order valence-corrected chi connectivity index (χ2v) is 18.8. The molecule has 0 aliphatic carbocycles. The van der Waals surface area contributed by atoms with Gasteiger partial charge in [0.1, 0.15) is 5.75 Å². The molecular formula is C57H127F6N9O4S2. The number of ether oxygens (including phenoxy) is 2. The predicted octanol–water partition coefficient (Wildman–Crippen LogP) is 12.0. The fourth-order valence-electron chi connectivity index (χ4n) is 5.87. The van der Waals surface area contributed by atoms with Gasteiger partial charge in [-0.3, -0.25) is 4.98 Å². The highest BCUT2D eigenvalue weighted by Gasteiger charge is 2.32. The van der Waals surface area contributed by atoms with Crippen LogP contribution in [-0.2, 0) is 14.6 Å². The molecule has 0 bridgehead atoms. The molecule has 8 saturated heterocycles. The lowest BCUT2D eigenvalue weighted by atomic mass is 10.1. The minimum atomic E-state index is -2.65. The number of piperidine rings is 3. The van der Waals surface area contributed by atoms with E-state index < -0.39 is 27.6 Å². The number of aromatic nitrogens is 1. The molecule has 8 N–H and O–H groups in total. The summed E-state index contributed by atoms with van der Waals surface area (Å²) in [5.41, 5.74) is 0. The van der Waals surface area contributed by atoms with E-state index in [1.807, 2.05) is 123 Å². The number of alkyl halides is 6. The maximum atomic E-state index is 12.2. The Morgan fingerprint density at radius 1 is 0.436 bits per heavy atom. The van der Waals surface area contributed by atoms with Gasteiger partial charge in [0.05, 0.1) is 44.9 Å². The van der Waals surface area contributed by atoms with Crippen molar-refractivity contribution in [1.29, 1.82) is 0 Å². The van der Waals surface area contributed by atoms with E-state index >= 15 is 0 Å². The van der Waals surface area contributed by atoms with Crippen LogP contribution in [0.4, 0.5) is 26.3 Å². The van der Waals surface area contributed by atoms with Gasteiger partial charge in [0, 0.05) is 108 Å². The van der Waals surface area contributed by atoms with Crippen LogP contribution in [0.5, 0.6) is 5.75 Å². The zero-order valence-electron chi connectivity index (χ0n) is 53.1. The van der Waals surface area contributed by atoms with E-state index in [2.05, 4.69) is 47.5 Å². The summed E-state index contributed by atoms with van der Waals surface area (Å²) in [5.74, 6) is -3.15. The topological polar surface area (TPSA) is 162 Å². The first-order valence-corrected chi connectivity index (χ1v) is 33.3. The van der Waals surface area contributed by atoms with Gasteiger partial charge < -0.3 is 52.0 Å². The van der Waals surface area contributed by atoms with E-state index in [1.54, 1.807) is 31.6 Å². The lowest BCUT2D eigenvalue weighted by molar-refractivity contribution is -0.0274. The summed E-state index contributed by atoms with van der Waals surface area (Å²) in [7, 11) is -1.01. The maximum absolute atomic E-state index is 12.2. The third-order valence-corrected chi connectivity index (χ3v) is 12.2. The van der Waals surface area contributed by atoms with Gasteiger partial charge >= 0.3 is 0 Å². The van der Waals surface area contributed by atoms with Crippen LogP contribution in [-0.4, -0.2) is 179 Å². The molecule has 0 amide bonds. The molecule has 9 rings (SSSR count). The van der Waals surface area contributed by atoms with E-state index in [1.165, 1.54) is 82.9 Å². The lowest BCUT2D eigenvalue weighted by Crippen LogP contribution is -2.38. The van der Waals surface area contributed by atoms with E-state index in [4.69, 9.17) is 9.47 Å². The normalized spacial score (nSPS) is 19.6. The van der Waals surface area contributed by atoms with Gasteiger partial charge in [0.15, 0.2) is 9.84 Å². The van der Waals surface area contributed by atoms with Crippen LogP contribution in [0, 0.1) is 0 Å². The van der Waals surface area contributed by atoms with Crippen LogP contribution < -0.4 is 47.3 Å². The summed E-state index contributed by atoms with van der Waals surface area (Å²) in [6.07, 6.45) is 11.1. The van der Waals surface area contributed by atoms with E-state index in [0.29, 0.717) is 50.7 Å². The number of methoxy groups -OCH3 is 1. The van der Waals surface area contributed by atoms with Gasteiger partial charge in [-0.25, -0.2) is 34.8 Å². The number of hydrogen-bond donors (Lipinski definition) is 8. The zero-order chi connectivity index (χ0) is 61.5. The molecule has 13 nitrogen and oxygen atoms in total. The average molecular weight is 1180 g/mol. The van der Waals surface area contributed by atoms with E-state index in [9.17, 15) is 34.8 Å². The number of morpholine rings is 1. The first-order chi connectivity index (χ1) is 37.8. The fourth-order valence-corrected chi connectivity index (χ4v) is 7.77. The van der Waals surface area contributed by atoms with Crippen molar-refractivity contribution in [3.05, 3.63) is 24.5 Å². The van der Waals surface area contributed by atoms with Crippen LogP contribution >= 0.6 is 11.8 Å². The SMILES string of the molecule is C1CCNC1.C1CCNCC1.C1COCCN1.C1CSCCN1.CC.CC.CC.CC.CC.CC.CC.CC.COc1ccncc1.FC1(F)CCCNC1.FC1(F)CCNC1.FC1(F)CCNCC1.O=S1(=O)CCNCC1. The van der Waals surface area contributed by atoms with Gasteiger partial charge in [-0.15, -0.1) is 0 Å². The van der Waals surface area contributed by atoms with Crippen LogP contribution in [0.1, 0.15) is 175 Å². The summed E-state index contributed by atoms with van der Waals surface area (Å²) in [4.78, 5) is 3.81. The van der Waals surface area contributed by atoms with Crippen molar-refractivity contribution in [1.82, 2.24) is 47.5 Å². The molecule has 478 valence electrons. The molecule has 8 fully saturated rings. The fraction of sp³-hybridized carbons (Fsp3) is 0.912. The highest BCUT2D eigenvalue weighted by molar-refractivity contribution is 7.99. The molecule has 0 radical (unpaired) electrons. The van der Waals surface area contributed by atoms with Crippen LogP contribution in [0.2, 0.25) is 0 Å².